The van der Waals surface area contributed by atoms with Crippen molar-refractivity contribution in [2.24, 2.45) is 0 Å². The van der Waals surface area contributed by atoms with Gasteiger partial charge in [0, 0.05) is 28.9 Å². The van der Waals surface area contributed by atoms with E-state index in [-0.39, 0.29) is 0 Å². The van der Waals surface area contributed by atoms with Crippen molar-refractivity contribution in [2.45, 2.75) is 18.7 Å². The van der Waals surface area contributed by atoms with Gasteiger partial charge in [0.05, 0.1) is 4.90 Å². The van der Waals surface area contributed by atoms with Gasteiger partial charge in [-0.1, -0.05) is 49.7 Å². The maximum atomic E-state index is 12.6. The first kappa shape index (κ1) is 14.3. The Labute approximate surface area is 118 Å². The van der Waals surface area contributed by atoms with E-state index in [1.54, 1.807) is 18.2 Å². The summed E-state index contributed by atoms with van der Waals surface area (Å²) in [5.41, 5.74) is 0. The van der Waals surface area contributed by atoms with Crippen molar-refractivity contribution in [3.05, 3.63) is 41.4 Å². The standard InChI is InChI=1S/C14H16ClNO2S/c1-3-16(4-2)19(17,18)14-10-9-13(15)11-7-5-6-8-12(11)14/h5-10H,3-4H2,1-2H3. The van der Waals surface area contributed by atoms with Crippen molar-refractivity contribution in [1.29, 1.82) is 0 Å². The molecule has 2 rings (SSSR count). The highest BCUT2D eigenvalue weighted by Gasteiger charge is 2.24. The number of rotatable bonds is 4. The van der Waals surface area contributed by atoms with Gasteiger partial charge in [-0.25, -0.2) is 8.42 Å². The SMILES string of the molecule is CCN(CC)S(=O)(=O)c1ccc(Cl)c2ccccc12. The zero-order valence-corrected chi connectivity index (χ0v) is 12.5. The summed E-state index contributed by atoms with van der Waals surface area (Å²) < 4.78 is 26.7. The lowest BCUT2D eigenvalue weighted by Gasteiger charge is -2.19. The Morgan fingerprint density at radius 1 is 1.00 bits per heavy atom. The van der Waals surface area contributed by atoms with Crippen LogP contribution in [0.15, 0.2) is 41.3 Å². The summed E-state index contributed by atoms with van der Waals surface area (Å²) in [7, 11) is -3.47. The van der Waals surface area contributed by atoms with Gasteiger partial charge < -0.3 is 0 Å². The molecule has 3 nitrogen and oxygen atoms in total. The maximum absolute atomic E-state index is 12.6. The van der Waals surface area contributed by atoms with Crippen LogP contribution in [0.5, 0.6) is 0 Å². The molecule has 0 bridgehead atoms. The summed E-state index contributed by atoms with van der Waals surface area (Å²) in [5, 5.41) is 1.99. The van der Waals surface area contributed by atoms with Crippen molar-refractivity contribution in [2.75, 3.05) is 13.1 Å². The van der Waals surface area contributed by atoms with E-state index in [0.717, 1.165) is 5.39 Å². The number of nitrogens with zero attached hydrogens (tertiary/aromatic N) is 1. The van der Waals surface area contributed by atoms with Gasteiger partial charge in [-0.2, -0.15) is 4.31 Å². The van der Waals surface area contributed by atoms with E-state index in [0.29, 0.717) is 28.4 Å². The van der Waals surface area contributed by atoms with Crippen molar-refractivity contribution in [3.8, 4) is 0 Å². The molecule has 5 heteroatoms. The Hall–Kier alpha value is -1.10. The van der Waals surface area contributed by atoms with Gasteiger partial charge in [-0.3, -0.25) is 0 Å². The Kier molecular flexibility index (Phi) is 4.13. The van der Waals surface area contributed by atoms with Crippen LogP contribution >= 0.6 is 11.6 Å². The quantitative estimate of drug-likeness (QED) is 0.866. The molecule has 0 saturated carbocycles. The third-order valence-corrected chi connectivity index (χ3v) is 5.59. The van der Waals surface area contributed by atoms with Crippen LogP contribution in [0.3, 0.4) is 0 Å². The molecule has 0 spiro atoms. The minimum absolute atomic E-state index is 0.316. The number of halogens is 1. The first-order valence-electron chi connectivity index (χ1n) is 6.19. The van der Waals surface area contributed by atoms with Crippen LogP contribution < -0.4 is 0 Å². The molecule has 2 aromatic carbocycles. The second-order valence-corrected chi connectivity index (χ2v) is 6.49. The van der Waals surface area contributed by atoms with Gasteiger partial charge in [-0.15, -0.1) is 0 Å². The predicted molar refractivity (Wildman–Crippen MR) is 79.1 cm³/mol. The molecule has 0 radical (unpaired) electrons. The van der Waals surface area contributed by atoms with Crippen molar-refractivity contribution >= 4 is 32.4 Å². The summed E-state index contributed by atoms with van der Waals surface area (Å²) in [6.07, 6.45) is 0. The molecule has 0 aliphatic carbocycles. The summed E-state index contributed by atoms with van der Waals surface area (Å²) >= 11 is 6.12. The molecule has 102 valence electrons. The van der Waals surface area contributed by atoms with Gasteiger partial charge in [0.1, 0.15) is 0 Å². The highest BCUT2D eigenvalue weighted by molar-refractivity contribution is 7.89. The predicted octanol–water partition coefficient (Wildman–Crippen LogP) is 3.52. The van der Waals surface area contributed by atoms with Crippen LogP contribution in [0.25, 0.3) is 10.8 Å². The lowest BCUT2D eigenvalue weighted by Crippen LogP contribution is -2.30. The summed E-state index contributed by atoms with van der Waals surface area (Å²) in [5.74, 6) is 0. The lowest BCUT2D eigenvalue weighted by atomic mass is 10.1. The van der Waals surface area contributed by atoms with Crippen molar-refractivity contribution in [1.82, 2.24) is 4.31 Å². The Morgan fingerprint density at radius 2 is 1.58 bits per heavy atom. The monoisotopic (exact) mass is 297 g/mol. The van der Waals surface area contributed by atoms with E-state index < -0.39 is 10.0 Å². The van der Waals surface area contributed by atoms with Gasteiger partial charge >= 0.3 is 0 Å². The first-order valence-corrected chi connectivity index (χ1v) is 8.01. The highest BCUT2D eigenvalue weighted by Crippen LogP contribution is 2.30. The van der Waals surface area contributed by atoms with E-state index >= 15 is 0 Å². The average Bonchev–Trinajstić information content (AvgIpc) is 2.40. The van der Waals surface area contributed by atoms with E-state index in [9.17, 15) is 8.42 Å². The summed E-state index contributed by atoms with van der Waals surface area (Å²) in [6.45, 7) is 4.57. The molecule has 0 aromatic heterocycles. The molecule has 2 aromatic rings. The maximum Gasteiger partial charge on any atom is 0.243 e. The van der Waals surface area contributed by atoms with Gasteiger partial charge in [0.25, 0.3) is 0 Å². The van der Waals surface area contributed by atoms with Gasteiger partial charge in [-0.05, 0) is 12.1 Å². The van der Waals surface area contributed by atoms with Crippen LogP contribution in [0.1, 0.15) is 13.8 Å². The highest BCUT2D eigenvalue weighted by atomic mass is 35.5. The Morgan fingerprint density at radius 3 is 2.16 bits per heavy atom. The molecule has 0 atom stereocenters. The number of hydrogen-bond acceptors (Lipinski definition) is 2. The molecule has 19 heavy (non-hydrogen) atoms. The second-order valence-electron chi connectivity index (χ2n) is 4.18. The zero-order chi connectivity index (χ0) is 14.0. The molecule has 0 fully saturated rings. The summed E-state index contributed by atoms with van der Waals surface area (Å²) in [4.78, 5) is 0.316. The fraction of sp³-hybridized carbons (Fsp3) is 0.286. The van der Waals surface area contributed by atoms with E-state index in [1.165, 1.54) is 4.31 Å². The van der Waals surface area contributed by atoms with Crippen LogP contribution in [0.4, 0.5) is 0 Å². The molecule has 0 aliphatic heterocycles. The first-order chi connectivity index (χ1) is 9.02. The average molecular weight is 298 g/mol. The molecular weight excluding hydrogens is 282 g/mol. The molecular formula is C14H16ClNO2S. The van der Waals surface area contributed by atoms with Gasteiger partial charge in [0.2, 0.25) is 10.0 Å². The lowest BCUT2D eigenvalue weighted by molar-refractivity contribution is 0.446. The topological polar surface area (TPSA) is 37.4 Å². The second kappa shape index (κ2) is 5.49. The molecule has 0 aliphatic rings. The minimum atomic E-state index is -3.47. The Balaban J connectivity index is 2.74. The Bertz CT molecular complexity index is 694. The third-order valence-electron chi connectivity index (χ3n) is 3.15. The zero-order valence-electron chi connectivity index (χ0n) is 10.9. The van der Waals surface area contributed by atoms with E-state index in [2.05, 4.69) is 0 Å². The fourth-order valence-corrected chi connectivity index (χ4v) is 4.04. The van der Waals surface area contributed by atoms with Crippen LogP contribution in [-0.4, -0.2) is 25.8 Å². The largest absolute Gasteiger partial charge is 0.243 e. The van der Waals surface area contributed by atoms with E-state index in [1.807, 2.05) is 32.0 Å². The van der Waals surface area contributed by atoms with Crippen molar-refractivity contribution < 1.29 is 8.42 Å². The number of hydrogen-bond donors (Lipinski definition) is 0. The van der Waals surface area contributed by atoms with Crippen LogP contribution in [-0.2, 0) is 10.0 Å². The van der Waals surface area contributed by atoms with Gasteiger partial charge in [0.15, 0.2) is 0 Å². The van der Waals surface area contributed by atoms with Crippen LogP contribution in [0.2, 0.25) is 5.02 Å². The molecule has 0 amide bonds. The number of sulfonamides is 1. The van der Waals surface area contributed by atoms with Crippen LogP contribution in [0, 0.1) is 0 Å². The minimum Gasteiger partial charge on any atom is -0.207 e. The molecule has 0 N–H and O–H groups in total. The molecule has 0 heterocycles. The number of fused-ring (bicyclic) bond motifs is 1. The third kappa shape index (κ3) is 2.48. The molecule has 0 saturated heterocycles. The summed E-state index contributed by atoms with van der Waals surface area (Å²) in [6, 6.07) is 10.5. The number of benzene rings is 2. The fourth-order valence-electron chi connectivity index (χ4n) is 2.16. The smallest absolute Gasteiger partial charge is 0.207 e. The normalized spacial score (nSPS) is 12.2. The van der Waals surface area contributed by atoms with Crippen molar-refractivity contribution in [3.63, 3.8) is 0 Å². The van der Waals surface area contributed by atoms with E-state index in [4.69, 9.17) is 11.6 Å². The molecule has 0 unspecified atom stereocenters.